The Hall–Kier alpha value is -3.81. The number of rotatable bonds is 9. The summed E-state index contributed by atoms with van der Waals surface area (Å²) in [5.41, 5.74) is 1.68. The van der Waals surface area contributed by atoms with Crippen molar-refractivity contribution in [2.24, 2.45) is 0 Å². The first-order chi connectivity index (χ1) is 14.5. The van der Waals surface area contributed by atoms with Gasteiger partial charge in [0.25, 0.3) is 5.91 Å². The van der Waals surface area contributed by atoms with E-state index in [2.05, 4.69) is 11.9 Å². The number of carbonyl (C=O) groups is 3. The lowest BCUT2D eigenvalue weighted by atomic mass is 10.1. The van der Waals surface area contributed by atoms with Gasteiger partial charge in [0.2, 0.25) is 0 Å². The predicted molar refractivity (Wildman–Crippen MR) is 108 cm³/mol. The molecule has 2 aromatic carbocycles. The molecule has 0 aromatic heterocycles. The second-order valence-corrected chi connectivity index (χ2v) is 6.40. The second-order valence-electron chi connectivity index (χ2n) is 6.40. The summed E-state index contributed by atoms with van der Waals surface area (Å²) in [4.78, 5) is 35.6. The van der Waals surface area contributed by atoms with E-state index in [-0.39, 0.29) is 24.7 Å². The van der Waals surface area contributed by atoms with Crippen molar-refractivity contribution in [3.05, 3.63) is 60.2 Å². The summed E-state index contributed by atoms with van der Waals surface area (Å²) in [6.45, 7) is 2.79. The lowest BCUT2D eigenvalue weighted by Gasteiger charge is -2.18. The molecule has 0 fully saturated rings. The highest BCUT2D eigenvalue weighted by molar-refractivity contribution is 6.01. The molecule has 3 rings (SSSR count). The molecule has 1 heterocycles. The van der Waals surface area contributed by atoms with Crippen LogP contribution in [-0.2, 0) is 20.7 Å². The Balaban J connectivity index is 1.52. The third kappa shape index (κ3) is 5.16. The Bertz CT molecular complexity index is 983. The molecule has 1 N–H and O–H groups in total. The molecule has 0 atom stereocenters. The molecule has 1 amide bonds. The number of ketones is 1. The van der Waals surface area contributed by atoms with Crippen LogP contribution in [0.1, 0.15) is 15.9 Å². The van der Waals surface area contributed by atoms with Gasteiger partial charge in [-0.05, 0) is 42.3 Å². The predicted octanol–water partition coefficient (Wildman–Crippen LogP) is 2.56. The standard InChI is InChI=1S/C22H21NO7/c1-3-4-14-5-7-19(20(9-14)27-2)29-13-22(26)30-11-17(24)15-6-8-18-16(10-15)23-21(25)12-28-18/h3,5-10H,1,4,11-13H2,2H3,(H,23,25). The van der Waals surface area contributed by atoms with Gasteiger partial charge in [-0.3, -0.25) is 9.59 Å². The van der Waals surface area contributed by atoms with Crippen LogP contribution in [0.2, 0.25) is 0 Å². The maximum Gasteiger partial charge on any atom is 0.344 e. The molecule has 0 saturated carbocycles. The summed E-state index contributed by atoms with van der Waals surface area (Å²) in [5, 5.41) is 2.62. The topological polar surface area (TPSA) is 100 Å². The second kappa shape index (κ2) is 9.60. The highest BCUT2D eigenvalue weighted by Gasteiger charge is 2.19. The number of hydrogen-bond donors (Lipinski definition) is 1. The van der Waals surface area contributed by atoms with E-state index in [9.17, 15) is 14.4 Å². The van der Waals surface area contributed by atoms with Crippen LogP contribution in [0.25, 0.3) is 0 Å². The Kier molecular flexibility index (Phi) is 6.69. The zero-order valence-corrected chi connectivity index (χ0v) is 16.4. The minimum absolute atomic E-state index is 0.0698. The van der Waals surface area contributed by atoms with E-state index in [4.69, 9.17) is 18.9 Å². The third-order valence-corrected chi connectivity index (χ3v) is 4.25. The summed E-state index contributed by atoms with van der Waals surface area (Å²) in [6.07, 6.45) is 2.45. The Morgan fingerprint density at radius 2 is 2.00 bits per heavy atom. The number of amides is 1. The molecule has 2 aromatic rings. The fraction of sp³-hybridized carbons (Fsp3) is 0.227. The van der Waals surface area contributed by atoms with Crippen LogP contribution in [0.3, 0.4) is 0 Å². The van der Waals surface area contributed by atoms with Crippen molar-refractivity contribution in [2.75, 3.05) is 32.2 Å². The number of anilines is 1. The average molecular weight is 411 g/mol. The largest absolute Gasteiger partial charge is 0.493 e. The number of hydrogen-bond acceptors (Lipinski definition) is 7. The van der Waals surface area contributed by atoms with Gasteiger partial charge in [-0.1, -0.05) is 12.1 Å². The molecule has 8 heteroatoms. The molecule has 156 valence electrons. The molecule has 1 aliphatic heterocycles. The molecule has 0 unspecified atom stereocenters. The minimum atomic E-state index is -0.699. The average Bonchev–Trinajstić information content (AvgIpc) is 2.76. The number of Topliss-reactive ketones (excluding diaryl/α,β-unsaturated/α-hetero) is 1. The summed E-state index contributed by atoms with van der Waals surface area (Å²) in [7, 11) is 1.50. The van der Waals surface area contributed by atoms with Crippen molar-refractivity contribution in [1.29, 1.82) is 0 Å². The van der Waals surface area contributed by atoms with Crippen molar-refractivity contribution in [3.63, 3.8) is 0 Å². The summed E-state index contributed by atoms with van der Waals surface area (Å²) in [5.74, 6) is -0.0729. The Morgan fingerprint density at radius 1 is 1.17 bits per heavy atom. The molecule has 0 spiro atoms. The number of ether oxygens (including phenoxy) is 4. The molecule has 0 aliphatic carbocycles. The first-order valence-electron chi connectivity index (χ1n) is 9.16. The minimum Gasteiger partial charge on any atom is -0.493 e. The van der Waals surface area contributed by atoms with E-state index in [0.29, 0.717) is 29.4 Å². The number of esters is 1. The van der Waals surface area contributed by atoms with Gasteiger partial charge >= 0.3 is 5.97 Å². The van der Waals surface area contributed by atoms with Crippen molar-refractivity contribution >= 4 is 23.3 Å². The maximum absolute atomic E-state index is 12.3. The number of nitrogens with one attached hydrogen (secondary N) is 1. The molecule has 0 bridgehead atoms. The Labute approximate surface area is 173 Å². The fourth-order valence-electron chi connectivity index (χ4n) is 2.79. The van der Waals surface area contributed by atoms with E-state index in [1.807, 2.05) is 6.07 Å². The molecule has 30 heavy (non-hydrogen) atoms. The van der Waals surface area contributed by atoms with Crippen LogP contribution in [0.5, 0.6) is 17.2 Å². The summed E-state index contributed by atoms with van der Waals surface area (Å²) in [6, 6.07) is 9.93. The van der Waals surface area contributed by atoms with E-state index in [0.717, 1.165) is 5.56 Å². The van der Waals surface area contributed by atoms with Gasteiger partial charge in [0.15, 0.2) is 37.1 Å². The Morgan fingerprint density at radius 3 is 2.77 bits per heavy atom. The number of fused-ring (bicyclic) bond motifs is 1. The summed E-state index contributed by atoms with van der Waals surface area (Å²) >= 11 is 0. The summed E-state index contributed by atoms with van der Waals surface area (Å²) < 4.78 is 21.0. The van der Waals surface area contributed by atoms with E-state index >= 15 is 0 Å². The van der Waals surface area contributed by atoms with E-state index in [1.165, 1.54) is 13.2 Å². The van der Waals surface area contributed by atoms with Crippen LogP contribution in [0.4, 0.5) is 5.69 Å². The first-order valence-corrected chi connectivity index (χ1v) is 9.16. The van der Waals surface area contributed by atoms with Crippen LogP contribution < -0.4 is 19.5 Å². The van der Waals surface area contributed by atoms with Crippen LogP contribution in [0, 0.1) is 0 Å². The number of benzene rings is 2. The molecule has 0 saturated heterocycles. The normalized spacial score (nSPS) is 12.1. The fourth-order valence-corrected chi connectivity index (χ4v) is 2.79. The van der Waals surface area contributed by atoms with Crippen molar-refractivity contribution in [2.45, 2.75) is 6.42 Å². The molecular formula is C22H21NO7. The molecular weight excluding hydrogens is 390 g/mol. The van der Waals surface area contributed by atoms with Gasteiger partial charge in [-0.25, -0.2) is 4.79 Å². The third-order valence-electron chi connectivity index (χ3n) is 4.25. The maximum atomic E-state index is 12.3. The van der Waals surface area contributed by atoms with Gasteiger partial charge < -0.3 is 24.3 Å². The van der Waals surface area contributed by atoms with E-state index < -0.39 is 18.4 Å². The molecule has 1 aliphatic rings. The molecule has 0 radical (unpaired) electrons. The first kappa shape index (κ1) is 20.9. The number of carbonyl (C=O) groups excluding carboxylic acids is 3. The van der Waals surface area contributed by atoms with Crippen LogP contribution >= 0.6 is 0 Å². The smallest absolute Gasteiger partial charge is 0.344 e. The lowest BCUT2D eigenvalue weighted by Crippen LogP contribution is -2.25. The van der Waals surface area contributed by atoms with Crippen molar-refractivity contribution in [1.82, 2.24) is 0 Å². The van der Waals surface area contributed by atoms with Gasteiger partial charge in [0.05, 0.1) is 12.8 Å². The van der Waals surface area contributed by atoms with Gasteiger partial charge in [0.1, 0.15) is 5.75 Å². The van der Waals surface area contributed by atoms with Gasteiger partial charge in [-0.2, -0.15) is 0 Å². The van der Waals surface area contributed by atoms with Gasteiger partial charge in [0, 0.05) is 5.56 Å². The number of allylic oxidation sites excluding steroid dienone is 1. The highest BCUT2D eigenvalue weighted by atomic mass is 16.6. The van der Waals surface area contributed by atoms with Crippen LogP contribution in [0.15, 0.2) is 49.1 Å². The van der Waals surface area contributed by atoms with E-state index in [1.54, 1.807) is 30.3 Å². The SMILES string of the molecule is C=CCc1ccc(OCC(=O)OCC(=O)c2ccc3c(c2)NC(=O)CO3)c(OC)c1. The zero-order chi connectivity index (χ0) is 21.5. The van der Waals surface area contributed by atoms with Crippen molar-refractivity contribution in [3.8, 4) is 17.2 Å². The number of methoxy groups -OCH3 is 1. The lowest BCUT2D eigenvalue weighted by molar-refractivity contribution is -0.144. The monoisotopic (exact) mass is 411 g/mol. The molecule has 8 nitrogen and oxygen atoms in total. The highest BCUT2D eigenvalue weighted by Crippen LogP contribution is 2.29. The van der Waals surface area contributed by atoms with Crippen LogP contribution in [-0.4, -0.2) is 44.6 Å². The quantitative estimate of drug-likeness (QED) is 0.384. The van der Waals surface area contributed by atoms with Crippen molar-refractivity contribution < 1.29 is 33.3 Å². The zero-order valence-electron chi connectivity index (χ0n) is 16.4. The van der Waals surface area contributed by atoms with Gasteiger partial charge in [-0.15, -0.1) is 6.58 Å².